The standard InChI is InChI=1S/C27H26FN7O3/c1-3-26(37)33-8-6-21(7-9-33)35-17(2)22(14-32-35)18-10-24(27-19(11-29)12-31-34(27)15-18)38-25(16-36)23-5-4-20(28)13-30-23/h3-5,10,12-15,21,25,36H,1,6-9,16H2,2H3/t25-/m0/s1. The third-order valence-electron chi connectivity index (χ3n) is 6.86. The van der Waals surface area contributed by atoms with Gasteiger partial charge in [0.2, 0.25) is 5.91 Å². The summed E-state index contributed by atoms with van der Waals surface area (Å²) in [6, 6.07) is 6.74. The van der Waals surface area contributed by atoms with Gasteiger partial charge in [-0.3, -0.25) is 14.5 Å². The zero-order valence-corrected chi connectivity index (χ0v) is 20.8. The van der Waals surface area contributed by atoms with E-state index in [9.17, 15) is 19.6 Å². The van der Waals surface area contributed by atoms with E-state index in [-0.39, 0.29) is 11.9 Å². The van der Waals surface area contributed by atoms with Crippen molar-refractivity contribution in [2.45, 2.75) is 31.9 Å². The van der Waals surface area contributed by atoms with Crippen molar-refractivity contribution in [2.75, 3.05) is 19.7 Å². The van der Waals surface area contributed by atoms with Crippen molar-refractivity contribution in [1.29, 1.82) is 5.26 Å². The molecule has 1 fully saturated rings. The minimum Gasteiger partial charge on any atom is -0.479 e. The number of hydrogen-bond donors (Lipinski definition) is 1. The second-order valence-corrected chi connectivity index (χ2v) is 9.10. The molecule has 0 unspecified atom stereocenters. The number of aliphatic hydroxyl groups excluding tert-OH is 1. The van der Waals surface area contributed by atoms with Crippen LogP contribution < -0.4 is 4.74 Å². The molecule has 5 rings (SSSR count). The number of fused-ring (bicyclic) bond motifs is 1. The number of ether oxygens (including phenoxy) is 1. The lowest BCUT2D eigenvalue weighted by Gasteiger charge is -2.32. The van der Waals surface area contributed by atoms with Gasteiger partial charge in [-0.25, -0.2) is 8.91 Å². The maximum absolute atomic E-state index is 13.4. The van der Waals surface area contributed by atoms with Gasteiger partial charge in [0.1, 0.15) is 28.7 Å². The maximum atomic E-state index is 13.4. The Morgan fingerprint density at radius 1 is 1.32 bits per heavy atom. The van der Waals surface area contributed by atoms with E-state index >= 15 is 0 Å². The van der Waals surface area contributed by atoms with Crippen molar-refractivity contribution >= 4 is 11.4 Å². The fourth-order valence-electron chi connectivity index (χ4n) is 4.86. The zero-order chi connectivity index (χ0) is 26.8. The number of piperidine rings is 1. The number of nitrogens with zero attached hydrogens (tertiary/aromatic N) is 7. The van der Waals surface area contributed by atoms with Crippen LogP contribution in [0.25, 0.3) is 16.6 Å². The number of aliphatic hydroxyl groups is 1. The predicted octanol–water partition coefficient (Wildman–Crippen LogP) is 3.37. The van der Waals surface area contributed by atoms with Gasteiger partial charge < -0.3 is 14.7 Å². The lowest BCUT2D eigenvalue weighted by atomic mass is 10.0. The van der Waals surface area contributed by atoms with Crippen LogP contribution >= 0.6 is 0 Å². The van der Waals surface area contributed by atoms with E-state index in [4.69, 9.17) is 4.74 Å². The topological polar surface area (TPSA) is 122 Å². The van der Waals surface area contributed by atoms with Crippen LogP contribution in [0.5, 0.6) is 5.75 Å². The Hall–Kier alpha value is -4.56. The molecule has 1 aliphatic rings. The first-order valence-electron chi connectivity index (χ1n) is 12.2. The lowest BCUT2D eigenvalue weighted by molar-refractivity contribution is -0.127. The Balaban J connectivity index is 1.49. The number of pyridine rings is 2. The van der Waals surface area contributed by atoms with E-state index in [0.29, 0.717) is 35.6 Å². The van der Waals surface area contributed by atoms with E-state index in [2.05, 4.69) is 27.8 Å². The number of likely N-dealkylation sites (tertiary alicyclic amines) is 1. The van der Waals surface area contributed by atoms with Gasteiger partial charge in [-0.1, -0.05) is 6.58 Å². The van der Waals surface area contributed by atoms with Crippen molar-refractivity contribution in [2.24, 2.45) is 0 Å². The highest BCUT2D eigenvalue weighted by atomic mass is 19.1. The molecule has 38 heavy (non-hydrogen) atoms. The SMILES string of the molecule is C=CC(=O)N1CCC(n2ncc(-c3cc(O[C@@H](CO)c4ccc(F)cn4)c4c(C#N)cnn4c3)c2C)CC1. The van der Waals surface area contributed by atoms with Crippen molar-refractivity contribution in [3.05, 3.63) is 78.4 Å². The summed E-state index contributed by atoms with van der Waals surface area (Å²) >= 11 is 0. The Morgan fingerprint density at radius 2 is 2.11 bits per heavy atom. The summed E-state index contributed by atoms with van der Waals surface area (Å²) in [5, 5.41) is 28.6. The van der Waals surface area contributed by atoms with Gasteiger partial charge in [0.25, 0.3) is 0 Å². The minimum atomic E-state index is -0.886. The zero-order valence-electron chi connectivity index (χ0n) is 20.8. The third-order valence-corrected chi connectivity index (χ3v) is 6.86. The smallest absolute Gasteiger partial charge is 0.245 e. The molecule has 5 heterocycles. The second-order valence-electron chi connectivity index (χ2n) is 9.10. The molecule has 0 aromatic carbocycles. The Kier molecular flexibility index (Phi) is 6.89. The molecule has 194 valence electrons. The van der Waals surface area contributed by atoms with Gasteiger partial charge in [-0.05, 0) is 44.0 Å². The van der Waals surface area contributed by atoms with E-state index in [0.717, 1.165) is 35.9 Å². The van der Waals surface area contributed by atoms with Gasteiger partial charge in [-0.15, -0.1) is 0 Å². The summed E-state index contributed by atoms with van der Waals surface area (Å²) in [6.07, 6.45) is 8.10. The van der Waals surface area contributed by atoms with Crippen LogP contribution in [-0.2, 0) is 4.79 Å². The average Bonchev–Trinajstić information content (AvgIpc) is 3.55. The van der Waals surface area contributed by atoms with E-state index in [1.165, 1.54) is 24.4 Å². The Labute approximate surface area is 218 Å². The minimum absolute atomic E-state index is 0.0601. The van der Waals surface area contributed by atoms with Crippen molar-refractivity contribution < 1.29 is 19.0 Å². The molecule has 11 heteroatoms. The summed E-state index contributed by atoms with van der Waals surface area (Å²) in [5.74, 6) is -0.233. The molecule has 1 amide bonds. The first-order valence-corrected chi connectivity index (χ1v) is 12.2. The molecule has 0 aliphatic carbocycles. The Morgan fingerprint density at radius 3 is 2.76 bits per heavy atom. The molecular weight excluding hydrogens is 489 g/mol. The third kappa shape index (κ3) is 4.62. The predicted molar refractivity (Wildman–Crippen MR) is 136 cm³/mol. The number of nitriles is 1. The molecule has 0 radical (unpaired) electrons. The molecule has 1 saturated heterocycles. The van der Waals surface area contributed by atoms with Crippen LogP contribution in [-0.4, -0.2) is 60.0 Å². The number of aromatic nitrogens is 5. The lowest BCUT2D eigenvalue weighted by Crippen LogP contribution is -2.38. The summed E-state index contributed by atoms with van der Waals surface area (Å²) in [4.78, 5) is 17.8. The second kappa shape index (κ2) is 10.4. The largest absolute Gasteiger partial charge is 0.479 e. The van der Waals surface area contributed by atoms with Gasteiger partial charge in [0, 0.05) is 36.1 Å². The van der Waals surface area contributed by atoms with Crippen LogP contribution in [0.2, 0.25) is 0 Å². The monoisotopic (exact) mass is 515 g/mol. The Bertz CT molecular complexity index is 1530. The molecule has 4 aromatic rings. The van der Waals surface area contributed by atoms with Gasteiger partial charge in [0.05, 0.1) is 36.9 Å². The van der Waals surface area contributed by atoms with Crippen molar-refractivity contribution in [3.8, 4) is 22.9 Å². The number of halogens is 1. The average molecular weight is 516 g/mol. The molecule has 0 saturated carbocycles. The number of hydrogen-bond acceptors (Lipinski definition) is 7. The van der Waals surface area contributed by atoms with Crippen molar-refractivity contribution in [3.63, 3.8) is 0 Å². The summed E-state index contributed by atoms with van der Waals surface area (Å²) in [7, 11) is 0. The summed E-state index contributed by atoms with van der Waals surface area (Å²) in [5.41, 5.74) is 3.66. The maximum Gasteiger partial charge on any atom is 0.245 e. The van der Waals surface area contributed by atoms with E-state index in [1.807, 2.05) is 11.6 Å². The molecule has 1 aliphatic heterocycles. The molecular formula is C27H26FN7O3. The normalized spacial score (nSPS) is 14.8. The van der Waals surface area contributed by atoms with Crippen molar-refractivity contribution in [1.82, 2.24) is 29.3 Å². The summed E-state index contributed by atoms with van der Waals surface area (Å²) < 4.78 is 23.1. The highest BCUT2D eigenvalue weighted by Crippen LogP contribution is 2.35. The number of carbonyl (C=O) groups excluding carboxylic acids is 1. The highest BCUT2D eigenvalue weighted by Gasteiger charge is 2.26. The highest BCUT2D eigenvalue weighted by molar-refractivity contribution is 5.87. The number of rotatable bonds is 7. The van der Waals surface area contributed by atoms with Gasteiger partial charge in [-0.2, -0.15) is 15.5 Å². The van der Waals surface area contributed by atoms with Crippen LogP contribution in [0.4, 0.5) is 4.39 Å². The molecule has 0 bridgehead atoms. The van der Waals surface area contributed by atoms with Gasteiger partial charge >= 0.3 is 0 Å². The number of carbonyl (C=O) groups is 1. The molecule has 4 aromatic heterocycles. The summed E-state index contributed by atoms with van der Waals surface area (Å²) in [6.45, 7) is 6.42. The molecule has 1 atom stereocenters. The van der Waals surface area contributed by atoms with E-state index in [1.54, 1.807) is 27.9 Å². The fourth-order valence-corrected chi connectivity index (χ4v) is 4.86. The molecule has 1 N–H and O–H groups in total. The van der Waals surface area contributed by atoms with E-state index < -0.39 is 18.5 Å². The first kappa shape index (κ1) is 25.1. The van der Waals surface area contributed by atoms with Gasteiger partial charge in [0.15, 0.2) is 6.10 Å². The first-order chi connectivity index (χ1) is 18.4. The molecule has 10 nitrogen and oxygen atoms in total. The van der Waals surface area contributed by atoms with Crippen LogP contribution in [0.15, 0.2) is 55.6 Å². The molecule has 0 spiro atoms. The fraction of sp³-hybridized carbons (Fsp3) is 0.296. The number of amides is 1. The van der Waals surface area contributed by atoms with Crippen LogP contribution in [0.1, 0.15) is 41.9 Å². The van der Waals surface area contributed by atoms with Crippen LogP contribution in [0.3, 0.4) is 0 Å². The van der Waals surface area contributed by atoms with Crippen LogP contribution in [0, 0.1) is 24.1 Å². The quantitative estimate of drug-likeness (QED) is 0.375.